The Morgan fingerprint density at radius 2 is 2.10 bits per heavy atom. The van der Waals surface area contributed by atoms with Gasteiger partial charge in [0, 0.05) is 23.0 Å². The summed E-state index contributed by atoms with van der Waals surface area (Å²) in [6.07, 6.45) is 0. The van der Waals surface area contributed by atoms with E-state index in [1.807, 2.05) is 0 Å². The van der Waals surface area contributed by atoms with Crippen molar-refractivity contribution in [1.82, 2.24) is 9.55 Å². The van der Waals surface area contributed by atoms with Gasteiger partial charge in [-0.3, -0.25) is 0 Å². The van der Waals surface area contributed by atoms with Crippen molar-refractivity contribution in [3.05, 3.63) is 41.3 Å². The largest absolute Gasteiger partial charge is 0.326 e. The monoisotopic (exact) mass is 299 g/mol. The van der Waals surface area contributed by atoms with Crippen molar-refractivity contribution < 1.29 is 0 Å². The first-order chi connectivity index (χ1) is 9.76. The Bertz CT molecular complexity index is 885. The second-order valence-corrected chi connectivity index (χ2v) is 6.81. The topological polar surface area (TPSA) is 43.8 Å². The van der Waals surface area contributed by atoms with Gasteiger partial charge in [0.2, 0.25) is 0 Å². The van der Waals surface area contributed by atoms with Crippen LogP contribution in [-0.4, -0.2) is 9.55 Å². The minimum Gasteiger partial charge on any atom is -0.326 e. The van der Waals surface area contributed by atoms with Crippen LogP contribution in [0.25, 0.3) is 31.1 Å². The fourth-order valence-corrected chi connectivity index (χ4v) is 4.60. The molecule has 1 aromatic carbocycles. The van der Waals surface area contributed by atoms with Crippen molar-refractivity contribution >= 4 is 43.1 Å². The van der Waals surface area contributed by atoms with Crippen LogP contribution < -0.4 is 5.73 Å². The fraction of sp³-hybridized carbons (Fsp3) is 0.133. The summed E-state index contributed by atoms with van der Waals surface area (Å²) in [5.41, 5.74) is 8.99. The molecule has 0 unspecified atom stereocenters. The van der Waals surface area contributed by atoms with E-state index in [0.29, 0.717) is 6.54 Å². The molecule has 3 aromatic heterocycles. The fourth-order valence-electron chi connectivity index (χ4n) is 2.47. The third-order valence-electron chi connectivity index (χ3n) is 3.54. The number of imidazole rings is 1. The summed E-state index contributed by atoms with van der Waals surface area (Å²) >= 11 is 3.58. The van der Waals surface area contributed by atoms with Crippen molar-refractivity contribution in [3.8, 4) is 10.7 Å². The van der Waals surface area contributed by atoms with Gasteiger partial charge < -0.3 is 10.3 Å². The number of rotatable bonds is 2. The number of aryl methyl sites for hydroxylation is 1. The lowest BCUT2D eigenvalue weighted by Gasteiger charge is -1.99. The third-order valence-corrected chi connectivity index (χ3v) is 5.63. The highest BCUT2D eigenvalue weighted by atomic mass is 32.1. The molecule has 20 heavy (non-hydrogen) atoms. The van der Waals surface area contributed by atoms with E-state index >= 15 is 0 Å². The van der Waals surface area contributed by atoms with Gasteiger partial charge in [-0.05, 0) is 35.2 Å². The van der Waals surface area contributed by atoms with Crippen LogP contribution in [0.1, 0.15) is 5.56 Å². The third kappa shape index (κ3) is 1.71. The molecule has 0 aliphatic rings. The van der Waals surface area contributed by atoms with E-state index < -0.39 is 0 Å². The molecule has 0 radical (unpaired) electrons. The normalized spacial score (nSPS) is 11.7. The van der Waals surface area contributed by atoms with E-state index in [1.165, 1.54) is 14.3 Å². The van der Waals surface area contributed by atoms with Crippen LogP contribution in [0.2, 0.25) is 0 Å². The van der Waals surface area contributed by atoms with Crippen LogP contribution in [0.4, 0.5) is 0 Å². The highest BCUT2D eigenvalue weighted by Crippen LogP contribution is 2.36. The Kier molecular flexibility index (Phi) is 2.66. The van der Waals surface area contributed by atoms with Crippen molar-refractivity contribution in [1.29, 1.82) is 0 Å². The lowest BCUT2D eigenvalue weighted by Crippen LogP contribution is -1.95. The van der Waals surface area contributed by atoms with Crippen LogP contribution in [0.15, 0.2) is 35.7 Å². The number of nitrogens with zero attached hydrogens (tertiary/aromatic N) is 2. The first-order valence-electron chi connectivity index (χ1n) is 6.39. The maximum absolute atomic E-state index is 5.70. The molecule has 0 bridgehead atoms. The SMILES string of the molecule is Cn1c(-c2cc3sccc3s2)nc2cc(CN)ccc21. The number of nitrogens with two attached hydrogens (primary N) is 1. The summed E-state index contributed by atoms with van der Waals surface area (Å²) in [5, 5.41) is 2.13. The van der Waals surface area contributed by atoms with Crippen LogP contribution >= 0.6 is 22.7 Å². The number of hydrogen-bond donors (Lipinski definition) is 1. The van der Waals surface area contributed by atoms with Crippen LogP contribution in [0.5, 0.6) is 0 Å². The molecule has 0 spiro atoms. The second-order valence-electron chi connectivity index (χ2n) is 4.78. The van der Waals surface area contributed by atoms with Gasteiger partial charge >= 0.3 is 0 Å². The Balaban J connectivity index is 1.94. The Labute approximate surface area is 124 Å². The number of fused-ring (bicyclic) bond motifs is 2. The summed E-state index contributed by atoms with van der Waals surface area (Å²) < 4.78 is 4.82. The van der Waals surface area contributed by atoms with E-state index in [9.17, 15) is 0 Å². The molecular formula is C15H13N3S2. The molecule has 0 atom stereocenters. The number of thiophene rings is 2. The molecule has 0 saturated heterocycles. The quantitative estimate of drug-likeness (QED) is 0.608. The zero-order chi connectivity index (χ0) is 13.7. The summed E-state index contributed by atoms with van der Waals surface area (Å²) in [4.78, 5) is 6.01. The predicted octanol–water partition coefficient (Wildman–Crippen LogP) is 3.98. The predicted molar refractivity (Wildman–Crippen MR) is 87.3 cm³/mol. The molecule has 0 aliphatic heterocycles. The van der Waals surface area contributed by atoms with Gasteiger partial charge in [0.05, 0.1) is 15.9 Å². The van der Waals surface area contributed by atoms with E-state index in [0.717, 1.165) is 22.4 Å². The lowest BCUT2D eigenvalue weighted by molar-refractivity contribution is 0.962. The van der Waals surface area contributed by atoms with Gasteiger partial charge in [0.15, 0.2) is 5.82 Å². The molecule has 100 valence electrons. The average Bonchev–Trinajstić information content (AvgIpc) is 3.11. The summed E-state index contributed by atoms with van der Waals surface area (Å²) in [6.45, 7) is 0.552. The van der Waals surface area contributed by atoms with E-state index in [-0.39, 0.29) is 0 Å². The molecule has 3 nitrogen and oxygen atoms in total. The van der Waals surface area contributed by atoms with Crippen LogP contribution in [-0.2, 0) is 13.6 Å². The van der Waals surface area contributed by atoms with Crippen molar-refractivity contribution in [2.24, 2.45) is 12.8 Å². The Morgan fingerprint density at radius 1 is 1.20 bits per heavy atom. The molecule has 0 saturated carbocycles. The lowest BCUT2D eigenvalue weighted by atomic mass is 10.2. The first kappa shape index (κ1) is 12.1. The molecule has 2 N–H and O–H groups in total. The molecule has 0 aliphatic carbocycles. The average molecular weight is 299 g/mol. The van der Waals surface area contributed by atoms with Crippen LogP contribution in [0, 0.1) is 0 Å². The zero-order valence-corrected chi connectivity index (χ0v) is 12.6. The second kappa shape index (κ2) is 4.41. The van der Waals surface area contributed by atoms with Crippen molar-refractivity contribution in [2.45, 2.75) is 6.54 Å². The Morgan fingerprint density at radius 3 is 2.90 bits per heavy atom. The van der Waals surface area contributed by atoms with E-state index in [1.54, 1.807) is 22.7 Å². The van der Waals surface area contributed by atoms with E-state index in [4.69, 9.17) is 10.7 Å². The maximum atomic E-state index is 5.70. The summed E-state index contributed by atoms with van der Waals surface area (Å²) in [5.74, 6) is 1.03. The van der Waals surface area contributed by atoms with Gasteiger partial charge in [0.1, 0.15) is 0 Å². The van der Waals surface area contributed by atoms with Crippen molar-refractivity contribution in [2.75, 3.05) is 0 Å². The molecule has 0 fully saturated rings. The number of aromatic nitrogens is 2. The van der Waals surface area contributed by atoms with Gasteiger partial charge in [-0.1, -0.05) is 6.07 Å². The minimum atomic E-state index is 0.552. The minimum absolute atomic E-state index is 0.552. The van der Waals surface area contributed by atoms with E-state index in [2.05, 4.69) is 47.3 Å². The van der Waals surface area contributed by atoms with Crippen LogP contribution in [0.3, 0.4) is 0 Å². The zero-order valence-electron chi connectivity index (χ0n) is 11.0. The number of benzene rings is 1. The molecule has 4 aromatic rings. The molecule has 5 heteroatoms. The Hall–Kier alpha value is -1.69. The summed E-state index contributed by atoms with van der Waals surface area (Å²) in [6, 6.07) is 10.7. The van der Waals surface area contributed by atoms with Gasteiger partial charge in [0.25, 0.3) is 0 Å². The molecule has 3 heterocycles. The van der Waals surface area contributed by atoms with Gasteiger partial charge in [-0.15, -0.1) is 22.7 Å². The highest BCUT2D eigenvalue weighted by molar-refractivity contribution is 7.28. The van der Waals surface area contributed by atoms with Gasteiger partial charge in [-0.2, -0.15) is 0 Å². The summed E-state index contributed by atoms with van der Waals surface area (Å²) in [7, 11) is 2.07. The maximum Gasteiger partial charge on any atom is 0.151 e. The number of hydrogen-bond acceptors (Lipinski definition) is 4. The molecule has 4 rings (SSSR count). The first-order valence-corrected chi connectivity index (χ1v) is 8.09. The standard InChI is InChI=1S/C15H13N3S2/c1-18-11-3-2-9(8-16)6-10(11)17-15(18)14-7-13-12(20-14)4-5-19-13/h2-7H,8,16H2,1H3. The van der Waals surface area contributed by atoms with Crippen molar-refractivity contribution in [3.63, 3.8) is 0 Å². The molecular weight excluding hydrogens is 286 g/mol. The molecule has 0 amide bonds. The highest BCUT2D eigenvalue weighted by Gasteiger charge is 2.13. The smallest absolute Gasteiger partial charge is 0.151 e. The van der Waals surface area contributed by atoms with Gasteiger partial charge in [-0.25, -0.2) is 4.98 Å².